The molecule has 0 aliphatic rings. The van der Waals surface area contributed by atoms with Crippen molar-refractivity contribution in [2.24, 2.45) is 0 Å². The predicted octanol–water partition coefficient (Wildman–Crippen LogP) is -0.541. The van der Waals surface area contributed by atoms with E-state index in [1.165, 1.54) is 0 Å². The minimum atomic E-state index is -1.83. The minimum Gasteiger partial charge on any atom is 0 e. The maximum Gasteiger partial charge on any atom is 0 e. The van der Waals surface area contributed by atoms with Gasteiger partial charge in [-0.1, -0.05) is 0 Å². The summed E-state index contributed by atoms with van der Waals surface area (Å²) in [5, 5.41) is 13.9. The molecule has 0 rings (SSSR count). The van der Waals surface area contributed by atoms with Crippen LogP contribution in [0.3, 0.4) is 0 Å². The fourth-order valence-electron chi connectivity index (χ4n) is 0. The molecule has 7 heavy (non-hydrogen) atoms. The van der Waals surface area contributed by atoms with Crippen molar-refractivity contribution in [1.29, 1.82) is 0 Å². The number of rotatable bonds is 0. The summed E-state index contributed by atoms with van der Waals surface area (Å²) in [6.45, 7) is 0. The third-order valence-electron chi connectivity index (χ3n) is 0. The third-order valence-corrected chi connectivity index (χ3v) is 0. The molecule has 0 amide bonds. The summed E-state index contributed by atoms with van der Waals surface area (Å²) in [6, 6.07) is 0. The molecule has 6 heteroatoms. The van der Waals surface area contributed by atoms with E-state index < -0.39 is 6.16 Å². The summed E-state index contributed by atoms with van der Waals surface area (Å²) < 4.78 is 0. The smallest absolute Gasteiger partial charge is 0 e. The number of hydrogen-bond donors (Lipinski definition) is 2. The van der Waals surface area contributed by atoms with Gasteiger partial charge in [0.25, 0.3) is 0 Å². The molecule has 40 valence electrons. The van der Waals surface area contributed by atoms with Crippen LogP contribution in [-0.4, -0.2) is 54.1 Å². The second-order valence-corrected chi connectivity index (χ2v) is 0.283. The van der Waals surface area contributed by atoms with Crippen LogP contribution < -0.4 is 0 Å². The van der Waals surface area contributed by atoms with Gasteiger partial charge >= 0.3 is 43.9 Å². The van der Waals surface area contributed by atoms with Gasteiger partial charge in [-0.2, -0.15) is 0 Å². The van der Waals surface area contributed by atoms with Gasteiger partial charge in [0.05, 0.1) is 0 Å². The average Bonchev–Trinajstić information content (AvgIpc) is 0.811. The van der Waals surface area contributed by atoms with Crippen LogP contribution in [0.5, 0.6) is 0 Å². The number of carbonyl (C=O) groups is 1. The number of hydrogen-bond acceptors (Lipinski definition) is 1. The van der Waals surface area contributed by atoms with Crippen molar-refractivity contribution in [3.05, 3.63) is 0 Å². The van der Waals surface area contributed by atoms with Crippen molar-refractivity contribution < 1.29 is 61.5 Å². The van der Waals surface area contributed by atoms with E-state index >= 15 is 0 Å². The second-order valence-electron chi connectivity index (χ2n) is 0.283. The molecule has 0 radical (unpaired) electrons. The van der Waals surface area contributed by atoms with Crippen molar-refractivity contribution in [2.75, 3.05) is 0 Å². The quantitative estimate of drug-likeness (QED) is 0.578. The normalized spacial score (nSPS) is 3.43. The zero-order valence-electron chi connectivity index (χ0n) is 2.71. The molecule has 0 aromatic carbocycles. The first-order chi connectivity index (χ1) is 1.73. The molecule has 0 unspecified atom stereocenters. The van der Waals surface area contributed by atoms with Crippen molar-refractivity contribution in [3.8, 4) is 0 Å². The van der Waals surface area contributed by atoms with Crippen LogP contribution in [0.15, 0.2) is 0 Å². The van der Waals surface area contributed by atoms with Crippen molar-refractivity contribution >= 4 is 43.9 Å². The largest absolute Gasteiger partial charge is 0 e. The first kappa shape index (κ1) is 23.2. The fraction of sp³-hybridized carbons (Fsp3) is 0. The van der Waals surface area contributed by atoms with Crippen LogP contribution in [0.25, 0.3) is 0 Å². The number of carboxylic acid groups (broad SMARTS) is 2. The Morgan fingerprint density at radius 3 is 1.29 bits per heavy atom. The van der Waals surface area contributed by atoms with Gasteiger partial charge in [-0.3, -0.25) is 4.70 Å². The molecule has 0 aromatic heterocycles. The Kier molecular flexibility index (Phi) is 51.9. The van der Waals surface area contributed by atoms with Crippen LogP contribution in [0, 0.1) is 41.7 Å². The fourth-order valence-corrected chi connectivity index (χ4v) is 0. The molecule has 3 nitrogen and oxygen atoms in total. The number of halogens is 1. The van der Waals surface area contributed by atoms with Crippen LogP contribution >= 0.6 is 0 Å². The monoisotopic (exact) mass is 264 g/mol. The van der Waals surface area contributed by atoms with E-state index in [0.717, 1.165) is 0 Å². The Hall–Kier alpha value is 1.84. The molecule has 0 spiro atoms. The molecular formula is CH5CaCeFO3. The van der Waals surface area contributed by atoms with Gasteiger partial charge in [0, 0.05) is 41.7 Å². The Labute approximate surface area is 103 Å². The van der Waals surface area contributed by atoms with Crippen LogP contribution in [0.1, 0.15) is 0 Å². The molecule has 0 aliphatic carbocycles. The molecule has 0 saturated heterocycles. The standard InChI is InChI=1S/CH2O3.Ca.Ce.FH.2H/c2-1(3)4;;;;;/h(H2,2,3,4);;;1H;;. The van der Waals surface area contributed by atoms with Crippen molar-refractivity contribution in [2.45, 2.75) is 0 Å². The van der Waals surface area contributed by atoms with E-state index in [1.807, 2.05) is 0 Å². The summed E-state index contributed by atoms with van der Waals surface area (Å²) in [4.78, 5) is 8.56. The SMILES string of the molecule is F.O=C(O)O.[CaH2].[Ce]. The molecule has 0 aliphatic heterocycles. The molecule has 0 bridgehead atoms. The zero-order chi connectivity index (χ0) is 3.58. The predicted molar refractivity (Wildman–Crippen MR) is 21.7 cm³/mol. The van der Waals surface area contributed by atoms with E-state index in [-0.39, 0.29) is 84.2 Å². The van der Waals surface area contributed by atoms with Gasteiger partial charge in [-0.05, 0) is 0 Å². The Morgan fingerprint density at radius 2 is 1.29 bits per heavy atom. The summed E-state index contributed by atoms with van der Waals surface area (Å²) in [7, 11) is 0. The molecule has 0 aromatic rings. The van der Waals surface area contributed by atoms with Gasteiger partial charge in [-0.15, -0.1) is 0 Å². The second kappa shape index (κ2) is 15.7. The molecule has 0 heterocycles. The molecule has 0 atom stereocenters. The molecule has 0 saturated carbocycles. The van der Waals surface area contributed by atoms with Gasteiger partial charge in [-0.25, -0.2) is 4.79 Å². The zero-order valence-corrected chi connectivity index (χ0v) is 5.85. The minimum absolute atomic E-state index is 0. The van der Waals surface area contributed by atoms with E-state index in [9.17, 15) is 0 Å². The van der Waals surface area contributed by atoms with Crippen LogP contribution in [-0.2, 0) is 0 Å². The maximum atomic E-state index is 8.56. The molecular weight excluding hydrogens is 259 g/mol. The van der Waals surface area contributed by atoms with E-state index in [1.54, 1.807) is 0 Å². The third kappa shape index (κ3) is 79.2. The van der Waals surface area contributed by atoms with Gasteiger partial charge in [0.2, 0.25) is 0 Å². The van der Waals surface area contributed by atoms with Gasteiger partial charge in [0.15, 0.2) is 0 Å². The van der Waals surface area contributed by atoms with Crippen molar-refractivity contribution in [3.63, 3.8) is 0 Å². The Balaban J connectivity index is -0.0000000150. The van der Waals surface area contributed by atoms with E-state index in [2.05, 4.69) is 0 Å². The van der Waals surface area contributed by atoms with Crippen LogP contribution in [0.2, 0.25) is 0 Å². The summed E-state index contributed by atoms with van der Waals surface area (Å²) in [6.07, 6.45) is -1.83. The first-order valence-corrected chi connectivity index (χ1v) is 0.651. The molecule has 0 fully saturated rings. The summed E-state index contributed by atoms with van der Waals surface area (Å²) in [5.41, 5.74) is 0. The Morgan fingerprint density at radius 1 is 1.29 bits per heavy atom. The first-order valence-electron chi connectivity index (χ1n) is 0.651. The van der Waals surface area contributed by atoms with E-state index in [4.69, 9.17) is 15.0 Å². The van der Waals surface area contributed by atoms with Crippen molar-refractivity contribution in [1.82, 2.24) is 0 Å². The summed E-state index contributed by atoms with van der Waals surface area (Å²) >= 11 is 0. The maximum absolute atomic E-state index is 8.56. The summed E-state index contributed by atoms with van der Waals surface area (Å²) in [5.74, 6) is 0. The van der Waals surface area contributed by atoms with Gasteiger partial charge < -0.3 is 10.2 Å². The molecule has 2 N–H and O–H groups in total. The van der Waals surface area contributed by atoms with E-state index in [0.29, 0.717) is 0 Å². The average molecular weight is 264 g/mol. The topological polar surface area (TPSA) is 57.5 Å². The van der Waals surface area contributed by atoms with Gasteiger partial charge in [0.1, 0.15) is 0 Å². The van der Waals surface area contributed by atoms with Crippen LogP contribution in [0.4, 0.5) is 9.50 Å². The Bertz CT molecular complexity index is 37.9.